The van der Waals surface area contributed by atoms with Crippen LogP contribution in [0.2, 0.25) is 0 Å². The standard InChI is InChI=1S/C17H36N4O3S/c1-3-4-5-6-7-8-9-10-19-17(18-2)20-11-16-25(22,23)21-12-14-24-15-13-21/h3-16H2,1-2H3,(H2,18,19,20). The lowest BCUT2D eigenvalue weighted by atomic mass is 10.1. The fourth-order valence-corrected chi connectivity index (χ4v) is 4.09. The van der Waals surface area contributed by atoms with Crippen LogP contribution in [0.1, 0.15) is 51.9 Å². The Balaban J connectivity index is 2.11. The second-order valence-electron chi connectivity index (χ2n) is 6.37. The molecule has 2 N–H and O–H groups in total. The van der Waals surface area contributed by atoms with Crippen LogP contribution < -0.4 is 10.6 Å². The number of hydrogen-bond acceptors (Lipinski definition) is 4. The number of hydrogen-bond donors (Lipinski definition) is 2. The summed E-state index contributed by atoms with van der Waals surface area (Å²) < 4.78 is 31.2. The Morgan fingerprint density at radius 2 is 1.60 bits per heavy atom. The molecule has 1 saturated heterocycles. The second kappa shape index (κ2) is 13.4. The summed E-state index contributed by atoms with van der Waals surface area (Å²) in [5.74, 6) is 0.744. The van der Waals surface area contributed by atoms with Crippen LogP contribution in [0, 0.1) is 0 Å². The van der Waals surface area contributed by atoms with Crippen molar-refractivity contribution in [2.75, 3.05) is 52.2 Å². The van der Waals surface area contributed by atoms with Crippen molar-refractivity contribution in [1.82, 2.24) is 14.9 Å². The van der Waals surface area contributed by atoms with Crippen molar-refractivity contribution >= 4 is 16.0 Å². The molecule has 148 valence electrons. The Morgan fingerprint density at radius 3 is 2.24 bits per heavy atom. The molecule has 0 aromatic rings. The third-order valence-corrected chi connectivity index (χ3v) is 6.18. The summed E-state index contributed by atoms with van der Waals surface area (Å²) in [5.41, 5.74) is 0. The van der Waals surface area contributed by atoms with Gasteiger partial charge in [-0.05, 0) is 6.42 Å². The summed E-state index contributed by atoms with van der Waals surface area (Å²) in [5, 5.41) is 6.33. The molecule has 1 fully saturated rings. The molecule has 1 heterocycles. The Bertz CT molecular complexity index is 463. The number of ether oxygens (including phenoxy) is 1. The van der Waals surface area contributed by atoms with Gasteiger partial charge in [0.2, 0.25) is 10.0 Å². The summed E-state index contributed by atoms with van der Waals surface area (Å²) in [4.78, 5) is 4.14. The molecule has 1 rings (SSSR count). The smallest absolute Gasteiger partial charge is 0.215 e. The maximum absolute atomic E-state index is 12.2. The molecule has 0 atom stereocenters. The van der Waals surface area contributed by atoms with E-state index >= 15 is 0 Å². The van der Waals surface area contributed by atoms with Gasteiger partial charge in [-0.2, -0.15) is 4.31 Å². The molecule has 1 aliphatic heterocycles. The number of rotatable bonds is 12. The summed E-state index contributed by atoms with van der Waals surface area (Å²) in [7, 11) is -1.51. The monoisotopic (exact) mass is 376 g/mol. The van der Waals surface area contributed by atoms with Crippen molar-refractivity contribution in [2.45, 2.75) is 51.9 Å². The third-order valence-electron chi connectivity index (χ3n) is 4.31. The number of morpholine rings is 1. The summed E-state index contributed by atoms with van der Waals surface area (Å²) in [6.45, 7) is 5.32. The first-order valence-corrected chi connectivity index (χ1v) is 11.2. The van der Waals surface area contributed by atoms with Gasteiger partial charge in [0.1, 0.15) is 0 Å². The molecule has 8 heteroatoms. The van der Waals surface area contributed by atoms with Gasteiger partial charge >= 0.3 is 0 Å². The number of unbranched alkanes of at least 4 members (excludes halogenated alkanes) is 6. The van der Waals surface area contributed by atoms with Gasteiger partial charge in [-0.15, -0.1) is 0 Å². The Morgan fingerprint density at radius 1 is 1.00 bits per heavy atom. The van der Waals surface area contributed by atoms with E-state index in [1.165, 1.54) is 42.8 Å². The molecule has 0 aliphatic carbocycles. The molecule has 0 aromatic heterocycles. The van der Waals surface area contributed by atoms with E-state index in [1.807, 2.05) is 0 Å². The molecular formula is C17H36N4O3S. The molecule has 0 amide bonds. The fourth-order valence-electron chi connectivity index (χ4n) is 2.76. The van der Waals surface area contributed by atoms with Crippen molar-refractivity contribution < 1.29 is 13.2 Å². The van der Waals surface area contributed by atoms with Gasteiger partial charge in [-0.3, -0.25) is 4.99 Å². The summed E-state index contributed by atoms with van der Waals surface area (Å²) in [6, 6.07) is 0. The normalized spacial score (nSPS) is 16.8. The minimum Gasteiger partial charge on any atom is -0.379 e. The van der Waals surface area contributed by atoms with Crippen LogP contribution in [0.3, 0.4) is 0 Å². The maximum Gasteiger partial charge on any atom is 0.215 e. The van der Waals surface area contributed by atoms with Gasteiger partial charge in [0.15, 0.2) is 5.96 Å². The van der Waals surface area contributed by atoms with Crippen LogP contribution in [0.15, 0.2) is 4.99 Å². The quantitative estimate of drug-likeness (QED) is 0.307. The highest BCUT2D eigenvalue weighted by Crippen LogP contribution is 2.06. The van der Waals surface area contributed by atoms with Gasteiger partial charge in [0.25, 0.3) is 0 Å². The van der Waals surface area contributed by atoms with Gasteiger partial charge in [0.05, 0.1) is 19.0 Å². The van der Waals surface area contributed by atoms with Crippen molar-refractivity contribution in [3.05, 3.63) is 0 Å². The molecule has 0 spiro atoms. The SMILES string of the molecule is CCCCCCCCCNC(=NC)NCCS(=O)(=O)N1CCOCC1. The number of sulfonamides is 1. The lowest BCUT2D eigenvalue weighted by Crippen LogP contribution is -2.45. The van der Waals surface area contributed by atoms with Crippen LogP contribution in [-0.2, 0) is 14.8 Å². The first-order chi connectivity index (χ1) is 12.1. The molecule has 0 radical (unpaired) electrons. The van der Waals surface area contributed by atoms with E-state index in [4.69, 9.17) is 4.74 Å². The first-order valence-electron chi connectivity index (χ1n) is 9.60. The van der Waals surface area contributed by atoms with Gasteiger partial charge < -0.3 is 15.4 Å². The van der Waals surface area contributed by atoms with E-state index in [-0.39, 0.29) is 5.75 Å². The number of nitrogens with zero attached hydrogens (tertiary/aromatic N) is 2. The molecule has 0 aromatic carbocycles. The maximum atomic E-state index is 12.2. The highest BCUT2D eigenvalue weighted by Gasteiger charge is 2.23. The average molecular weight is 377 g/mol. The third kappa shape index (κ3) is 10.0. The molecule has 7 nitrogen and oxygen atoms in total. The van der Waals surface area contributed by atoms with E-state index in [2.05, 4.69) is 22.5 Å². The number of guanidine groups is 1. The fraction of sp³-hybridized carbons (Fsp3) is 0.941. The topological polar surface area (TPSA) is 83.0 Å². The van der Waals surface area contributed by atoms with Crippen molar-refractivity contribution in [2.24, 2.45) is 4.99 Å². The number of aliphatic imine (C=N–C) groups is 1. The van der Waals surface area contributed by atoms with E-state index in [1.54, 1.807) is 7.05 Å². The molecule has 1 aliphatic rings. The van der Waals surface area contributed by atoms with Gasteiger partial charge in [0, 0.05) is 33.2 Å². The van der Waals surface area contributed by atoms with Crippen molar-refractivity contribution in [3.8, 4) is 0 Å². The summed E-state index contributed by atoms with van der Waals surface area (Å²) >= 11 is 0. The zero-order chi connectivity index (χ0) is 18.4. The first kappa shape index (κ1) is 22.2. The zero-order valence-electron chi connectivity index (χ0n) is 15.9. The average Bonchev–Trinajstić information content (AvgIpc) is 2.63. The van der Waals surface area contributed by atoms with Crippen LogP contribution in [0.4, 0.5) is 0 Å². The molecule has 0 bridgehead atoms. The van der Waals surface area contributed by atoms with Crippen LogP contribution in [0.5, 0.6) is 0 Å². The molecule has 0 saturated carbocycles. The van der Waals surface area contributed by atoms with Gasteiger partial charge in [-0.1, -0.05) is 45.4 Å². The molecule has 0 unspecified atom stereocenters. The Labute approximate surface area is 153 Å². The Hall–Kier alpha value is -0.860. The summed E-state index contributed by atoms with van der Waals surface area (Å²) in [6.07, 6.45) is 8.89. The lowest BCUT2D eigenvalue weighted by Gasteiger charge is -2.26. The predicted molar refractivity (Wildman–Crippen MR) is 104 cm³/mol. The van der Waals surface area contributed by atoms with E-state index in [9.17, 15) is 8.42 Å². The van der Waals surface area contributed by atoms with Crippen molar-refractivity contribution in [1.29, 1.82) is 0 Å². The van der Waals surface area contributed by atoms with Gasteiger partial charge in [-0.25, -0.2) is 8.42 Å². The van der Waals surface area contributed by atoms with Crippen LogP contribution in [-0.4, -0.2) is 70.9 Å². The minimum absolute atomic E-state index is 0.0745. The zero-order valence-corrected chi connectivity index (χ0v) is 16.7. The Kier molecular flexibility index (Phi) is 11.9. The second-order valence-corrected chi connectivity index (χ2v) is 8.46. The highest BCUT2D eigenvalue weighted by atomic mass is 32.2. The van der Waals surface area contributed by atoms with E-state index < -0.39 is 10.0 Å². The lowest BCUT2D eigenvalue weighted by molar-refractivity contribution is 0.0730. The predicted octanol–water partition coefficient (Wildman–Crippen LogP) is 1.56. The van der Waals surface area contributed by atoms with E-state index in [0.717, 1.165) is 13.0 Å². The van der Waals surface area contributed by atoms with Crippen LogP contribution >= 0.6 is 0 Å². The molecule has 25 heavy (non-hydrogen) atoms. The molecular weight excluding hydrogens is 340 g/mol. The van der Waals surface area contributed by atoms with Crippen LogP contribution in [0.25, 0.3) is 0 Å². The minimum atomic E-state index is -3.22. The number of nitrogens with one attached hydrogen (secondary N) is 2. The largest absolute Gasteiger partial charge is 0.379 e. The van der Waals surface area contributed by atoms with Crippen molar-refractivity contribution in [3.63, 3.8) is 0 Å². The highest BCUT2D eigenvalue weighted by molar-refractivity contribution is 7.89. The van der Waals surface area contributed by atoms with E-state index in [0.29, 0.717) is 38.8 Å².